The Morgan fingerprint density at radius 1 is 1.75 bits per heavy atom. The van der Waals surface area contributed by atoms with E-state index in [1.165, 1.54) is 6.33 Å². The number of carbonyl (C=O) groups excluding carboxylic acids is 2. The SMILES string of the molecule is CC(NC(=O)C1CSC(=O)N1)c1ncn[nH]1. The summed E-state index contributed by atoms with van der Waals surface area (Å²) in [6.07, 6.45) is 1.38. The lowest BCUT2D eigenvalue weighted by Gasteiger charge is -2.14. The Bertz CT molecular complexity index is 393. The molecule has 1 aliphatic rings. The number of H-pyrrole nitrogens is 1. The van der Waals surface area contributed by atoms with Gasteiger partial charge >= 0.3 is 0 Å². The first-order valence-electron chi connectivity index (χ1n) is 4.75. The predicted octanol–water partition coefficient (Wildman–Crippen LogP) is -0.193. The Hall–Kier alpha value is -1.57. The van der Waals surface area contributed by atoms with Crippen LogP contribution in [0.2, 0.25) is 0 Å². The van der Waals surface area contributed by atoms with E-state index >= 15 is 0 Å². The maximum atomic E-state index is 11.7. The molecule has 86 valence electrons. The van der Waals surface area contributed by atoms with Gasteiger partial charge in [-0.1, -0.05) is 11.8 Å². The van der Waals surface area contributed by atoms with Crippen LogP contribution in [0, 0.1) is 0 Å². The third kappa shape index (κ3) is 2.32. The van der Waals surface area contributed by atoms with Gasteiger partial charge in [-0.3, -0.25) is 14.7 Å². The van der Waals surface area contributed by atoms with Crippen molar-refractivity contribution in [2.45, 2.75) is 19.0 Å². The van der Waals surface area contributed by atoms with E-state index in [1.807, 2.05) is 0 Å². The lowest BCUT2D eigenvalue weighted by Crippen LogP contribution is -2.43. The molecule has 0 bridgehead atoms. The molecule has 2 amide bonds. The van der Waals surface area contributed by atoms with Gasteiger partial charge in [-0.2, -0.15) is 5.10 Å². The first-order valence-corrected chi connectivity index (χ1v) is 5.74. The highest BCUT2D eigenvalue weighted by Crippen LogP contribution is 2.14. The van der Waals surface area contributed by atoms with Crippen LogP contribution in [-0.4, -0.2) is 38.1 Å². The average Bonchev–Trinajstić information content (AvgIpc) is 2.87. The first-order chi connectivity index (χ1) is 7.66. The van der Waals surface area contributed by atoms with E-state index in [0.29, 0.717) is 11.6 Å². The summed E-state index contributed by atoms with van der Waals surface area (Å²) in [4.78, 5) is 26.5. The van der Waals surface area contributed by atoms with Gasteiger partial charge < -0.3 is 10.6 Å². The van der Waals surface area contributed by atoms with Crippen molar-refractivity contribution in [3.8, 4) is 0 Å². The lowest BCUT2D eigenvalue weighted by atomic mass is 10.2. The molecule has 3 N–H and O–H groups in total. The number of carbonyl (C=O) groups is 2. The standard InChI is InChI=1S/C8H11N5O2S/c1-4(6-9-3-10-13-6)11-7(14)5-2-16-8(15)12-5/h3-5H,2H2,1H3,(H,11,14)(H,12,15)(H,9,10,13). The Morgan fingerprint density at radius 2 is 2.56 bits per heavy atom. The van der Waals surface area contributed by atoms with Crippen molar-refractivity contribution in [3.63, 3.8) is 0 Å². The second-order valence-electron chi connectivity index (χ2n) is 3.40. The van der Waals surface area contributed by atoms with Crippen molar-refractivity contribution >= 4 is 22.9 Å². The summed E-state index contributed by atoms with van der Waals surface area (Å²) in [5.41, 5.74) is 0. The lowest BCUT2D eigenvalue weighted by molar-refractivity contribution is -0.122. The molecule has 1 aliphatic heterocycles. The molecule has 0 radical (unpaired) electrons. The summed E-state index contributed by atoms with van der Waals surface area (Å²) >= 11 is 1.11. The number of aromatic nitrogens is 3. The molecular formula is C8H11N5O2S. The summed E-state index contributed by atoms with van der Waals surface area (Å²) < 4.78 is 0. The Labute approximate surface area is 95.8 Å². The zero-order valence-electron chi connectivity index (χ0n) is 8.56. The van der Waals surface area contributed by atoms with Crippen molar-refractivity contribution in [2.75, 3.05) is 5.75 Å². The van der Waals surface area contributed by atoms with Gasteiger partial charge in [0.15, 0.2) is 0 Å². The zero-order valence-corrected chi connectivity index (χ0v) is 9.37. The molecule has 16 heavy (non-hydrogen) atoms. The Morgan fingerprint density at radius 3 is 3.12 bits per heavy atom. The summed E-state index contributed by atoms with van der Waals surface area (Å²) in [5.74, 6) is 0.848. The third-order valence-electron chi connectivity index (χ3n) is 2.19. The highest BCUT2D eigenvalue weighted by molar-refractivity contribution is 8.14. The number of aromatic amines is 1. The molecule has 0 aliphatic carbocycles. The van der Waals surface area contributed by atoms with Gasteiger partial charge in [0.1, 0.15) is 18.2 Å². The molecular weight excluding hydrogens is 230 g/mol. The molecule has 0 saturated carbocycles. The van der Waals surface area contributed by atoms with E-state index in [9.17, 15) is 9.59 Å². The maximum Gasteiger partial charge on any atom is 0.279 e. The molecule has 1 aromatic rings. The topological polar surface area (TPSA) is 99.8 Å². The van der Waals surface area contributed by atoms with E-state index in [2.05, 4.69) is 25.8 Å². The van der Waals surface area contributed by atoms with Crippen molar-refractivity contribution in [3.05, 3.63) is 12.2 Å². The zero-order chi connectivity index (χ0) is 11.5. The van der Waals surface area contributed by atoms with E-state index < -0.39 is 6.04 Å². The van der Waals surface area contributed by atoms with E-state index in [0.717, 1.165) is 11.8 Å². The quantitative estimate of drug-likeness (QED) is 0.681. The minimum Gasteiger partial charge on any atom is -0.345 e. The van der Waals surface area contributed by atoms with Crippen LogP contribution in [0.4, 0.5) is 4.79 Å². The maximum absolute atomic E-state index is 11.7. The van der Waals surface area contributed by atoms with Crippen LogP contribution < -0.4 is 10.6 Å². The molecule has 1 aromatic heterocycles. The van der Waals surface area contributed by atoms with Crippen LogP contribution in [0.3, 0.4) is 0 Å². The van der Waals surface area contributed by atoms with Crippen LogP contribution in [0.1, 0.15) is 18.8 Å². The Kier molecular flexibility index (Phi) is 3.09. The molecule has 0 spiro atoms. The molecule has 2 heterocycles. The smallest absolute Gasteiger partial charge is 0.279 e. The number of amides is 2. The molecule has 1 fully saturated rings. The summed E-state index contributed by atoms with van der Waals surface area (Å²) in [6, 6.07) is -0.708. The molecule has 2 unspecified atom stereocenters. The van der Waals surface area contributed by atoms with Crippen LogP contribution in [0.5, 0.6) is 0 Å². The second kappa shape index (κ2) is 4.52. The molecule has 7 nitrogen and oxygen atoms in total. The van der Waals surface area contributed by atoms with E-state index in [4.69, 9.17) is 0 Å². The van der Waals surface area contributed by atoms with Crippen LogP contribution >= 0.6 is 11.8 Å². The van der Waals surface area contributed by atoms with E-state index in [1.54, 1.807) is 6.92 Å². The number of hydrogen-bond donors (Lipinski definition) is 3. The first kappa shape index (κ1) is 10.9. The number of nitrogens with one attached hydrogen (secondary N) is 3. The van der Waals surface area contributed by atoms with Crippen molar-refractivity contribution in [1.29, 1.82) is 0 Å². The number of nitrogens with zero attached hydrogens (tertiary/aromatic N) is 2. The average molecular weight is 241 g/mol. The van der Waals surface area contributed by atoms with Gasteiger partial charge in [-0.15, -0.1) is 0 Å². The molecule has 2 atom stereocenters. The Balaban J connectivity index is 1.90. The molecule has 0 aromatic carbocycles. The summed E-state index contributed by atoms with van der Waals surface area (Å²) in [7, 11) is 0. The number of thioether (sulfide) groups is 1. The highest BCUT2D eigenvalue weighted by atomic mass is 32.2. The molecule has 1 saturated heterocycles. The number of rotatable bonds is 3. The number of hydrogen-bond acceptors (Lipinski definition) is 5. The van der Waals surface area contributed by atoms with Gasteiger partial charge in [0, 0.05) is 5.75 Å². The second-order valence-corrected chi connectivity index (χ2v) is 4.39. The normalized spacial score (nSPS) is 21.6. The minimum absolute atomic E-state index is 0.160. The van der Waals surface area contributed by atoms with Gasteiger partial charge in [0.05, 0.1) is 6.04 Å². The third-order valence-corrected chi connectivity index (χ3v) is 3.07. The molecule has 8 heteroatoms. The van der Waals surface area contributed by atoms with Crippen molar-refractivity contribution in [2.24, 2.45) is 0 Å². The van der Waals surface area contributed by atoms with Gasteiger partial charge in [-0.05, 0) is 6.92 Å². The van der Waals surface area contributed by atoms with Crippen LogP contribution in [0.15, 0.2) is 6.33 Å². The fourth-order valence-corrected chi connectivity index (χ4v) is 2.11. The fourth-order valence-electron chi connectivity index (χ4n) is 1.33. The van der Waals surface area contributed by atoms with Gasteiger partial charge in [-0.25, -0.2) is 4.98 Å². The fraction of sp³-hybridized carbons (Fsp3) is 0.500. The minimum atomic E-state index is -0.456. The molecule has 2 rings (SSSR count). The van der Waals surface area contributed by atoms with E-state index in [-0.39, 0.29) is 17.2 Å². The monoisotopic (exact) mass is 241 g/mol. The van der Waals surface area contributed by atoms with Gasteiger partial charge in [0.25, 0.3) is 5.24 Å². The largest absolute Gasteiger partial charge is 0.345 e. The van der Waals surface area contributed by atoms with Gasteiger partial charge in [0.2, 0.25) is 5.91 Å². The van der Waals surface area contributed by atoms with Crippen molar-refractivity contribution in [1.82, 2.24) is 25.8 Å². The van der Waals surface area contributed by atoms with Crippen LogP contribution in [0.25, 0.3) is 0 Å². The summed E-state index contributed by atoms with van der Waals surface area (Å²) in [5, 5.41) is 11.5. The summed E-state index contributed by atoms with van der Waals surface area (Å²) in [6.45, 7) is 1.79. The van der Waals surface area contributed by atoms with Crippen LogP contribution in [-0.2, 0) is 4.79 Å². The van der Waals surface area contributed by atoms with Crippen molar-refractivity contribution < 1.29 is 9.59 Å². The predicted molar refractivity (Wildman–Crippen MR) is 57.7 cm³/mol. The highest BCUT2D eigenvalue weighted by Gasteiger charge is 2.29.